The molecule has 0 aromatic rings. The van der Waals surface area contributed by atoms with E-state index in [9.17, 15) is 0 Å². The van der Waals surface area contributed by atoms with E-state index in [1.807, 2.05) is 0 Å². The van der Waals surface area contributed by atoms with E-state index in [4.69, 9.17) is 0 Å². The van der Waals surface area contributed by atoms with Crippen LogP contribution < -0.4 is 6.15 Å². The molecule has 0 aromatic heterocycles. The number of rotatable bonds is 2. The second-order valence-electron chi connectivity index (χ2n) is 2.45. The molecule has 0 unspecified atom stereocenters. The normalized spacial score (nSPS) is 20.1. The minimum atomic E-state index is 0. The Morgan fingerprint density at radius 2 is 1.90 bits per heavy atom. The first kappa shape index (κ1) is 10.3. The first-order valence-corrected chi connectivity index (χ1v) is 4.89. The summed E-state index contributed by atoms with van der Waals surface area (Å²) in [6.45, 7) is 6.19. The molecule has 10 heavy (non-hydrogen) atoms. The van der Waals surface area contributed by atoms with Crippen LogP contribution in [0.15, 0.2) is 0 Å². The van der Waals surface area contributed by atoms with Crippen molar-refractivity contribution in [2.45, 2.75) is 13.3 Å². The minimum absolute atomic E-state index is 0. The van der Waals surface area contributed by atoms with Gasteiger partial charge in [-0.2, -0.15) is 11.8 Å². The van der Waals surface area contributed by atoms with Crippen molar-refractivity contribution in [3.63, 3.8) is 0 Å². The van der Waals surface area contributed by atoms with Crippen LogP contribution in [-0.2, 0) is 0 Å². The smallest absolute Gasteiger partial charge is 0.00727 e. The van der Waals surface area contributed by atoms with E-state index in [-0.39, 0.29) is 6.15 Å². The van der Waals surface area contributed by atoms with E-state index in [0.717, 1.165) is 0 Å². The van der Waals surface area contributed by atoms with Gasteiger partial charge in [-0.1, -0.05) is 6.92 Å². The molecule has 1 aliphatic heterocycles. The van der Waals surface area contributed by atoms with Crippen molar-refractivity contribution in [1.82, 2.24) is 11.1 Å². The van der Waals surface area contributed by atoms with Gasteiger partial charge in [0.05, 0.1) is 0 Å². The number of nitrogens with zero attached hydrogens (tertiary/aromatic N) is 1. The van der Waals surface area contributed by atoms with Crippen LogP contribution in [0.3, 0.4) is 0 Å². The maximum Gasteiger partial charge on any atom is 0.00727 e. The SMILES string of the molecule is CCCN1CCSCC1.N. The van der Waals surface area contributed by atoms with Gasteiger partial charge in [0.2, 0.25) is 0 Å². The van der Waals surface area contributed by atoms with Crippen molar-refractivity contribution in [2.24, 2.45) is 0 Å². The lowest BCUT2D eigenvalue weighted by Gasteiger charge is -2.25. The third-order valence-electron chi connectivity index (χ3n) is 1.64. The third kappa shape index (κ3) is 3.44. The maximum atomic E-state index is 2.55. The number of hydrogen-bond donors (Lipinski definition) is 1. The van der Waals surface area contributed by atoms with Crippen LogP contribution in [0.4, 0.5) is 0 Å². The molecule has 62 valence electrons. The molecular weight excluding hydrogens is 144 g/mol. The molecule has 1 aliphatic rings. The van der Waals surface area contributed by atoms with Gasteiger partial charge in [0.15, 0.2) is 0 Å². The lowest BCUT2D eigenvalue weighted by molar-refractivity contribution is 0.303. The summed E-state index contributed by atoms with van der Waals surface area (Å²) in [6, 6.07) is 0. The summed E-state index contributed by atoms with van der Waals surface area (Å²) in [7, 11) is 0. The first-order chi connectivity index (χ1) is 4.43. The van der Waals surface area contributed by atoms with Crippen molar-refractivity contribution < 1.29 is 0 Å². The lowest BCUT2D eigenvalue weighted by atomic mass is 10.4. The molecule has 3 N–H and O–H groups in total. The molecule has 0 amide bonds. The molecule has 3 heteroatoms. The summed E-state index contributed by atoms with van der Waals surface area (Å²) >= 11 is 2.08. The van der Waals surface area contributed by atoms with Gasteiger partial charge in [-0.05, 0) is 13.0 Å². The standard InChI is InChI=1S/C7H15NS.H3N/c1-2-3-8-4-6-9-7-5-8;/h2-7H2,1H3;1H3. The Balaban J connectivity index is 0.000000810. The molecule has 1 saturated heterocycles. The molecule has 0 radical (unpaired) electrons. The van der Waals surface area contributed by atoms with E-state index in [1.165, 1.54) is 37.6 Å². The molecule has 0 aliphatic carbocycles. The molecule has 0 saturated carbocycles. The summed E-state index contributed by atoms with van der Waals surface area (Å²) in [5, 5.41) is 0. The monoisotopic (exact) mass is 162 g/mol. The fourth-order valence-corrected chi connectivity index (χ4v) is 2.12. The Bertz CT molecular complexity index is 69.3. The lowest BCUT2D eigenvalue weighted by Crippen LogP contribution is -2.32. The average Bonchev–Trinajstić information content (AvgIpc) is 1.91. The quantitative estimate of drug-likeness (QED) is 0.670. The van der Waals surface area contributed by atoms with Crippen LogP contribution in [0.25, 0.3) is 0 Å². The van der Waals surface area contributed by atoms with Crippen LogP contribution >= 0.6 is 11.8 Å². The number of hydrogen-bond acceptors (Lipinski definition) is 3. The summed E-state index contributed by atoms with van der Waals surface area (Å²) in [5.41, 5.74) is 0. The van der Waals surface area contributed by atoms with Crippen molar-refractivity contribution in [1.29, 1.82) is 0 Å². The second-order valence-corrected chi connectivity index (χ2v) is 3.68. The maximum absolute atomic E-state index is 2.55. The molecule has 0 spiro atoms. The molecular formula is C7H18N2S. The van der Waals surface area contributed by atoms with Crippen LogP contribution in [0.2, 0.25) is 0 Å². The zero-order chi connectivity index (χ0) is 6.53. The van der Waals surface area contributed by atoms with Crippen molar-refractivity contribution >= 4 is 11.8 Å². The highest BCUT2D eigenvalue weighted by Gasteiger charge is 2.07. The molecule has 1 fully saturated rings. The fourth-order valence-electron chi connectivity index (χ4n) is 1.14. The molecule has 0 bridgehead atoms. The zero-order valence-electron chi connectivity index (χ0n) is 6.81. The van der Waals surface area contributed by atoms with Gasteiger partial charge < -0.3 is 11.1 Å². The predicted molar refractivity (Wildman–Crippen MR) is 49.1 cm³/mol. The van der Waals surface area contributed by atoms with Crippen LogP contribution in [0, 0.1) is 0 Å². The van der Waals surface area contributed by atoms with Crippen molar-refractivity contribution in [3.8, 4) is 0 Å². The van der Waals surface area contributed by atoms with Gasteiger partial charge in [0, 0.05) is 24.6 Å². The van der Waals surface area contributed by atoms with Gasteiger partial charge in [-0.3, -0.25) is 0 Å². The first-order valence-electron chi connectivity index (χ1n) is 3.73. The van der Waals surface area contributed by atoms with Crippen LogP contribution in [-0.4, -0.2) is 36.0 Å². The van der Waals surface area contributed by atoms with Gasteiger partial charge in [-0.25, -0.2) is 0 Å². The summed E-state index contributed by atoms with van der Waals surface area (Å²) in [4.78, 5) is 2.55. The Hall–Kier alpha value is 0.270. The summed E-state index contributed by atoms with van der Waals surface area (Å²) in [5.74, 6) is 2.69. The van der Waals surface area contributed by atoms with Crippen LogP contribution in [0.5, 0.6) is 0 Å². The molecule has 1 heterocycles. The molecule has 0 aromatic carbocycles. The Morgan fingerprint density at radius 1 is 1.30 bits per heavy atom. The van der Waals surface area contributed by atoms with E-state index in [1.54, 1.807) is 0 Å². The highest BCUT2D eigenvalue weighted by atomic mass is 32.2. The predicted octanol–water partition coefficient (Wildman–Crippen LogP) is 1.61. The largest absolute Gasteiger partial charge is 0.344 e. The summed E-state index contributed by atoms with van der Waals surface area (Å²) < 4.78 is 0. The Labute approximate surface area is 67.9 Å². The van der Waals surface area contributed by atoms with E-state index in [0.29, 0.717) is 0 Å². The van der Waals surface area contributed by atoms with Gasteiger partial charge in [0.1, 0.15) is 0 Å². The van der Waals surface area contributed by atoms with Crippen molar-refractivity contribution in [2.75, 3.05) is 31.1 Å². The van der Waals surface area contributed by atoms with Gasteiger partial charge in [0.25, 0.3) is 0 Å². The van der Waals surface area contributed by atoms with E-state index in [2.05, 4.69) is 23.6 Å². The molecule has 2 nitrogen and oxygen atoms in total. The summed E-state index contributed by atoms with van der Waals surface area (Å²) in [6.07, 6.45) is 1.31. The van der Waals surface area contributed by atoms with Gasteiger partial charge in [-0.15, -0.1) is 0 Å². The fraction of sp³-hybridized carbons (Fsp3) is 1.00. The van der Waals surface area contributed by atoms with Crippen molar-refractivity contribution in [3.05, 3.63) is 0 Å². The van der Waals surface area contributed by atoms with E-state index < -0.39 is 0 Å². The highest BCUT2D eigenvalue weighted by Crippen LogP contribution is 2.08. The topological polar surface area (TPSA) is 38.2 Å². The van der Waals surface area contributed by atoms with Crippen LogP contribution in [0.1, 0.15) is 13.3 Å². The second kappa shape index (κ2) is 6.01. The zero-order valence-corrected chi connectivity index (χ0v) is 7.62. The Morgan fingerprint density at radius 3 is 2.40 bits per heavy atom. The van der Waals surface area contributed by atoms with E-state index >= 15 is 0 Å². The molecule has 0 atom stereocenters. The average molecular weight is 162 g/mol. The molecule has 1 rings (SSSR count). The van der Waals surface area contributed by atoms with Gasteiger partial charge >= 0.3 is 0 Å². The highest BCUT2D eigenvalue weighted by molar-refractivity contribution is 7.99. The third-order valence-corrected chi connectivity index (χ3v) is 2.59. The Kier molecular flexibility index (Phi) is 6.17. The minimum Gasteiger partial charge on any atom is -0.344 e. The number of thioether (sulfide) groups is 1.